The highest BCUT2D eigenvalue weighted by molar-refractivity contribution is 5.68. The van der Waals surface area contributed by atoms with Crippen molar-refractivity contribution in [3.05, 3.63) is 35.9 Å². The molecule has 1 aromatic rings. The largest absolute Gasteiger partial charge is 0.378 e. The highest BCUT2D eigenvalue weighted by atomic mass is 19.3. The minimum Gasteiger partial charge on any atom is -0.378 e. The van der Waals surface area contributed by atoms with E-state index in [9.17, 15) is 8.78 Å². The van der Waals surface area contributed by atoms with Crippen LogP contribution < -0.4 is 4.90 Å². The Bertz CT molecular complexity index is 566. The van der Waals surface area contributed by atoms with Crippen LogP contribution in [0.3, 0.4) is 0 Å². The summed E-state index contributed by atoms with van der Waals surface area (Å²) in [5, 5.41) is 0. The molecule has 1 heterocycles. The third-order valence-corrected chi connectivity index (χ3v) is 5.48. The van der Waals surface area contributed by atoms with Crippen LogP contribution in [0, 0.1) is 5.41 Å². The molecule has 1 saturated carbocycles. The number of ether oxygens (including phenoxy) is 1. The number of morpholine rings is 1. The van der Waals surface area contributed by atoms with E-state index in [0.29, 0.717) is 12.0 Å². The van der Waals surface area contributed by atoms with Crippen LogP contribution in [0.25, 0.3) is 5.57 Å². The van der Waals surface area contributed by atoms with Crippen LogP contribution >= 0.6 is 0 Å². The van der Waals surface area contributed by atoms with Crippen molar-refractivity contribution >= 4 is 11.3 Å². The van der Waals surface area contributed by atoms with Crippen LogP contribution in [0.1, 0.15) is 51.0 Å². The van der Waals surface area contributed by atoms with Gasteiger partial charge in [0.15, 0.2) is 0 Å². The average molecular weight is 335 g/mol. The number of anilines is 1. The van der Waals surface area contributed by atoms with Gasteiger partial charge < -0.3 is 9.64 Å². The molecule has 2 nitrogen and oxygen atoms in total. The van der Waals surface area contributed by atoms with E-state index >= 15 is 0 Å². The first-order valence-corrected chi connectivity index (χ1v) is 9.05. The van der Waals surface area contributed by atoms with Gasteiger partial charge >= 0.3 is 0 Å². The summed E-state index contributed by atoms with van der Waals surface area (Å²) in [5.41, 5.74) is 2.00. The second-order valence-electron chi connectivity index (χ2n) is 7.43. The summed E-state index contributed by atoms with van der Waals surface area (Å²) in [4.78, 5) is 2.24. The van der Waals surface area contributed by atoms with E-state index in [1.807, 2.05) is 24.3 Å². The standard InChI is InChI=1S/C20H27F2NO/c1-20(9-3-2-4-10-20)15-18(19(21)22)16-5-7-17(8-6-16)23-11-13-24-14-12-23/h5-8H,2-4,9-15H2,1H3. The number of benzene rings is 1. The Kier molecular flexibility index (Phi) is 5.54. The summed E-state index contributed by atoms with van der Waals surface area (Å²) >= 11 is 0. The van der Waals surface area contributed by atoms with Gasteiger partial charge in [-0.05, 0) is 42.4 Å². The molecule has 0 atom stereocenters. The van der Waals surface area contributed by atoms with Crippen LogP contribution in [-0.4, -0.2) is 26.3 Å². The number of halogens is 2. The molecule has 1 aromatic carbocycles. The summed E-state index contributed by atoms with van der Waals surface area (Å²) in [6, 6.07) is 7.64. The fourth-order valence-electron chi connectivity index (χ4n) is 3.98. The number of nitrogens with zero attached hydrogens (tertiary/aromatic N) is 1. The molecule has 2 fully saturated rings. The van der Waals surface area contributed by atoms with Crippen molar-refractivity contribution in [1.82, 2.24) is 0 Å². The number of hydrogen-bond donors (Lipinski definition) is 0. The summed E-state index contributed by atoms with van der Waals surface area (Å²) in [6.45, 7) is 5.33. The molecule has 1 aliphatic heterocycles. The van der Waals surface area contributed by atoms with Gasteiger partial charge in [0.1, 0.15) is 0 Å². The van der Waals surface area contributed by atoms with E-state index < -0.39 is 6.08 Å². The molecule has 0 N–H and O–H groups in total. The van der Waals surface area contributed by atoms with Gasteiger partial charge in [-0.2, -0.15) is 8.78 Å². The smallest absolute Gasteiger partial charge is 0.274 e. The molecular formula is C20H27F2NO. The first-order chi connectivity index (χ1) is 11.6. The van der Waals surface area contributed by atoms with Gasteiger partial charge in [0, 0.05) is 24.4 Å². The minimum atomic E-state index is -1.53. The maximum Gasteiger partial charge on any atom is 0.274 e. The van der Waals surface area contributed by atoms with Crippen molar-refractivity contribution in [2.45, 2.75) is 45.4 Å². The van der Waals surface area contributed by atoms with Crippen molar-refractivity contribution in [2.24, 2.45) is 5.41 Å². The zero-order chi connectivity index (χ0) is 17.0. The molecule has 1 aliphatic carbocycles. The van der Waals surface area contributed by atoms with Crippen molar-refractivity contribution in [2.75, 3.05) is 31.2 Å². The van der Waals surface area contributed by atoms with E-state index in [-0.39, 0.29) is 11.0 Å². The Morgan fingerprint density at radius 3 is 2.25 bits per heavy atom. The molecule has 0 aromatic heterocycles. The lowest BCUT2D eigenvalue weighted by Crippen LogP contribution is -2.36. The molecular weight excluding hydrogens is 308 g/mol. The van der Waals surface area contributed by atoms with Crippen molar-refractivity contribution in [3.63, 3.8) is 0 Å². The first kappa shape index (κ1) is 17.4. The SMILES string of the molecule is CC1(CC(=C(F)F)c2ccc(N3CCOCC3)cc2)CCCCC1. The maximum atomic E-state index is 13.6. The van der Waals surface area contributed by atoms with Crippen LogP contribution in [0.5, 0.6) is 0 Å². The van der Waals surface area contributed by atoms with Crippen molar-refractivity contribution in [1.29, 1.82) is 0 Å². The predicted molar refractivity (Wildman–Crippen MR) is 94.4 cm³/mol. The number of hydrogen-bond acceptors (Lipinski definition) is 2. The van der Waals surface area contributed by atoms with E-state index in [1.165, 1.54) is 6.42 Å². The molecule has 2 aliphatic rings. The van der Waals surface area contributed by atoms with E-state index in [1.54, 1.807) is 0 Å². The summed E-state index contributed by atoms with van der Waals surface area (Å²) < 4.78 is 32.6. The lowest BCUT2D eigenvalue weighted by Gasteiger charge is -2.34. The third kappa shape index (κ3) is 4.15. The fraction of sp³-hybridized carbons (Fsp3) is 0.600. The third-order valence-electron chi connectivity index (χ3n) is 5.48. The van der Waals surface area contributed by atoms with Crippen molar-refractivity contribution < 1.29 is 13.5 Å². The summed E-state index contributed by atoms with van der Waals surface area (Å²) in [6.07, 6.45) is 4.61. The van der Waals surface area contributed by atoms with Gasteiger partial charge in [-0.3, -0.25) is 0 Å². The Balaban J connectivity index is 1.75. The molecule has 24 heavy (non-hydrogen) atoms. The van der Waals surface area contributed by atoms with Gasteiger partial charge in [0.05, 0.1) is 13.2 Å². The Morgan fingerprint density at radius 1 is 1.04 bits per heavy atom. The molecule has 1 saturated heterocycles. The molecule has 0 amide bonds. The zero-order valence-corrected chi connectivity index (χ0v) is 14.5. The Hall–Kier alpha value is -1.42. The highest BCUT2D eigenvalue weighted by Crippen LogP contribution is 2.44. The van der Waals surface area contributed by atoms with Gasteiger partial charge in [0.2, 0.25) is 0 Å². The topological polar surface area (TPSA) is 12.5 Å². The molecule has 0 radical (unpaired) electrons. The lowest BCUT2D eigenvalue weighted by atomic mass is 9.71. The Labute approximate surface area is 143 Å². The monoisotopic (exact) mass is 335 g/mol. The van der Waals surface area contributed by atoms with Gasteiger partial charge in [0.25, 0.3) is 6.08 Å². The Morgan fingerprint density at radius 2 is 1.67 bits per heavy atom. The summed E-state index contributed by atoms with van der Waals surface area (Å²) in [7, 11) is 0. The zero-order valence-electron chi connectivity index (χ0n) is 14.5. The van der Waals surface area contributed by atoms with E-state index in [2.05, 4.69) is 11.8 Å². The molecule has 132 valence electrons. The highest BCUT2D eigenvalue weighted by Gasteiger charge is 2.29. The van der Waals surface area contributed by atoms with Gasteiger partial charge in [-0.15, -0.1) is 0 Å². The summed E-state index contributed by atoms with van der Waals surface area (Å²) in [5.74, 6) is 0. The van der Waals surface area contributed by atoms with Crippen LogP contribution in [0.2, 0.25) is 0 Å². The van der Waals surface area contributed by atoms with Crippen LogP contribution in [0.4, 0.5) is 14.5 Å². The maximum absolute atomic E-state index is 13.6. The molecule has 0 spiro atoms. The average Bonchev–Trinajstić information content (AvgIpc) is 2.61. The van der Waals surface area contributed by atoms with Crippen molar-refractivity contribution in [3.8, 4) is 0 Å². The predicted octanol–water partition coefficient (Wildman–Crippen LogP) is 5.49. The second-order valence-corrected chi connectivity index (χ2v) is 7.43. The fourth-order valence-corrected chi connectivity index (χ4v) is 3.98. The quantitative estimate of drug-likeness (QED) is 0.721. The molecule has 3 rings (SSSR count). The van der Waals surface area contributed by atoms with E-state index in [0.717, 1.165) is 57.7 Å². The van der Waals surface area contributed by atoms with E-state index in [4.69, 9.17) is 4.74 Å². The lowest BCUT2D eigenvalue weighted by molar-refractivity contribution is 0.122. The number of allylic oxidation sites excluding steroid dienone is 1. The minimum absolute atomic E-state index is 0.0138. The van der Waals surface area contributed by atoms with Gasteiger partial charge in [-0.1, -0.05) is 38.3 Å². The molecule has 0 bridgehead atoms. The first-order valence-electron chi connectivity index (χ1n) is 9.05. The van der Waals surface area contributed by atoms with Crippen LogP contribution in [0.15, 0.2) is 30.3 Å². The van der Waals surface area contributed by atoms with Crippen LogP contribution in [-0.2, 0) is 4.74 Å². The second kappa shape index (κ2) is 7.64. The van der Waals surface area contributed by atoms with Gasteiger partial charge in [-0.25, -0.2) is 0 Å². The number of rotatable bonds is 4. The molecule has 0 unspecified atom stereocenters. The molecule has 4 heteroatoms. The normalized spacial score (nSPS) is 20.7.